The van der Waals surface area contributed by atoms with Gasteiger partial charge in [-0.3, -0.25) is 9.36 Å². The molecule has 2 aromatic carbocycles. The maximum atomic E-state index is 12.3. The zero-order valence-electron chi connectivity index (χ0n) is 15.4. The van der Waals surface area contributed by atoms with Crippen LogP contribution in [0.25, 0.3) is 0 Å². The van der Waals surface area contributed by atoms with Gasteiger partial charge in [0.05, 0.1) is 12.1 Å². The molecular formula is C19H25N2O6P. The summed E-state index contributed by atoms with van der Waals surface area (Å²) in [7, 11) is -3.13. The van der Waals surface area contributed by atoms with E-state index >= 15 is 0 Å². The molecular weight excluding hydrogens is 383 g/mol. The number of ketones is 1. The molecule has 0 bridgehead atoms. The molecule has 0 aliphatic heterocycles. The maximum Gasteiger partial charge on any atom is 0.408 e. The van der Waals surface area contributed by atoms with Crippen molar-refractivity contribution in [1.82, 2.24) is 5.32 Å². The molecule has 0 fully saturated rings. The van der Waals surface area contributed by atoms with E-state index in [0.29, 0.717) is 6.42 Å². The Labute approximate surface area is 164 Å². The second-order valence-electron chi connectivity index (χ2n) is 5.92. The number of nitrogens with one attached hydrogen (secondary N) is 1. The predicted molar refractivity (Wildman–Crippen MR) is 106 cm³/mol. The van der Waals surface area contributed by atoms with Crippen molar-refractivity contribution < 1.29 is 28.7 Å². The fraction of sp³-hybridized carbons (Fsp3) is 0.263. The summed E-state index contributed by atoms with van der Waals surface area (Å²) in [5.41, 5.74) is 7.51. The Morgan fingerprint density at radius 2 is 1.50 bits per heavy atom. The Kier molecular flexibility index (Phi) is 10.8. The number of hydrogen-bond acceptors (Lipinski definition) is 5. The van der Waals surface area contributed by atoms with Crippen LogP contribution in [0, 0.1) is 0 Å². The van der Waals surface area contributed by atoms with Gasteiger partial charge >= 0.3 is 14.3 Å². The first kappa shape index (κ1) is 23.5. The minimum atomic E-state index is -3.13. The van der Waals surface area contributed by atoms with Crippen molar-refractivity contribution in [2.24, 2.45) is 5.73 Å². The molecule has 0 aromatic heterocycles. The predicted octanol–water partition coefficient (Wildman–Crippen LogP) is 1.80. The van der Waals surface area contributed by atoms with Crippen LogP contribution in [0.4, 0.5) is 4.79 Å². The molecule has 28 heavy (non-hydrogen) atoms. The fourth-order valence-corrected chi connectivity index (χ4v) is 2.30. The topological polar surface area (TPSA) is 139 Å². The van der Waals surface area contributed by atoms with Gasteiger partial charge in [0, 0.05) is 0 Å². The number of rotatable bonds is 7. The van der Waals surface area contributed by atoms with Crippen molar-refractivity contribution in [3.8, 4) is 0 Å². The van der Waals surface area contributed by atoms with E-state index in [1.807, 2.05) is 60.7 Å². The summed E-state index contributed by atoms with van der Waals surface area (Å²) in [4.78, 5) is 38.6. The lowest BCUT2D eigenvalue weighted by atomic mass is 9.99. The van der Waals surface area contributed by atoms with Crippen LogP contribution in [-0.4, -0.2) is 33.7 Å². The summed E-state index contributed by atoms with van der Waals surface area (Å²) in [6.45, 7) is 1.76. The van der Waals surface area contributed by atoms with E-state index in [0.717, 1.165) is 11.1 Å². The van der Waals surface area contributed by atoms with Gasteiger partial charge < -0.3 is 25.6 Å². The third-order valence-corrected chi connectivity index (χ3v) is 3.58. The molecule has 0 aliphatic rings. The van der Waals surface area contributed by atoms with Crippen LogP contribution in [0.5, 0.6) is 0 Å². The minimum absolute atomic E-state index is 0.150. The van der Waals surface area contributed by atoms with Crippen molar-refractivity contribution >= 4 is 20.1 Å². The van der Waals surface area contributed by atoms with E-state index in [4.69, 9.17) is 24.8 Å². The molecule has 0 unspecified atom stereocenters. The first-order valence-electron chi connectivity index (χ1n) is 8.52. The molecule has 0 spiro atoms. The van der Waals surface area contributed by atoms with E-state index in [1.165, 1.54) is 0 Å². The van der Waals surface area contributed by atoms with E-state index in [9.17, 15) is 9.59 Å². The van der Waals surface area contributed by atoms with E-state index in [1.54, 1.807) is 6.92 Å². The lowest BCUT2D eigenvalue weighted by Gasteiger charge is -2.19. The van der Waals surface area contributed by atoms with E-state index in [2.05, 4.69) is 5.32 Å². The van der Waals surface area contributed by atoms with Gasteiger partial charge in [0.15, 0.2) is 5.78 Å². The zero-order valence-corrected chi connectivity index (χ0v) is 16.4. The summed E-state index contributed by atoms with van der Waals surface area (Å²) in [5, 5.41) is 2.63. The Bertz CT molecular complexity index is 752. The van der Waals surface area contributed by atoms with Crippen LogP contribution < -0.4 is 11.1 Å². The second kappa shape index (κ2) is 12.8. The molecule has 9 heteroatoms. The minimum Gasteiger partial charge on any atom is -0.445 e. The van der Waals surface area contributed by atoms with Crippen molar-refractivity contribution in [3.63, 3.8) is 0 Å². The number of Topliss-reactive ketones (excluding diaryl/α,β-unsaturated/α-hetero) is 1. The van der Waals surface area contributed by atoms with Gasteiger partial charge in [-0.05, 0) is 24.5 Å². The summed E-state index contributed by atoms with van der Waals surface area (Å²) in [5.74, 6) is -0.226. The molecule has 0 saturated heterocycles. The lowest BCUT2D eigenvalue weighted by Crippen LogP contribution is -2.48. The summed E-state index contributed by atoms with van der Waals surface area (Å²) in [6.07, 6.45) is -0.254. The second-order valence-corrected chi connectivity index (χ2v) is 6.49. The largest absolute Gasteiger partial charge is 0.445 e. The van der Waals surface area contributed by atoms with E-state index in [-0.39, 0.29) is 12.4 Å². The molecule has 5 N–H and O–H groups in total. The number of ether oxygens (including phenoxy) is 1. The van der Waals surface area contributed by atoms with Crippen molar-refractivity contribution in [2.75, 3.05) is 0 Å². The first-order valence-corrected chi connectivity index (χ1v) is 9.82. The average Bonchev–Trinajstić information content (AvgIpc) is 2.66. The number of hydrogen-bond donors (Lipinski definition) is 4. The van der Waals surface area contributed by atoms with E-state index < -0.39 is 26.4 Å². The maximum absolute atomic E-state index is 12.3. The van der Waals surface area contributed by atoms with Gasteiger partial charge in [-0.15, -0.1) is 0 Å². The van der Waals surface area contributed by atoms with Gasteiger partial charge in [0.1, 0.15) is 6.61 Å². The Balaban J connectivity index is 0.000000892. The number of benzene rings is 2. The highest BCUT2D eigenvalue weighted by atomic mass is 31.1. The SMILES string of the molecule is C[C@@H](N)C(=O)[C@H](Cc1ccccc1)NC(=O)OCc1ccccc1.O=[PH](O)O. The summed E-state index contributed by atoms with van der Waals surface area (Å²) in [6, 6.07) is 17.5. The normalized spacial score (nSPS) is 12.3. The number of amides is 1. The van der Waals surface area contributed by atoms with Crippen molar-refractivity contribution in [3.05, 3.63) is 71.8 Å². The quantitative estimate of drug-likeness (QED) is 0.512. The third kappa shape index (κ3) is 9.99. The average molecular weight is 408 g/mol. The van der Waals surface area contributed by atoms with Gasteiger partial charge in [-0.2, -0.15) is 0 Å². The Morgan fingerprint density at radius 1 is 1.04 bits per heavy atom. The van der Waals surface area contributed by atoms with Gasteiger partial charge in [-0.25, -0.2) is 4.79 Å². The molecule has 2 rings (SSSR count). The molecule has 2 atom stereocenters. The standard InChI is InChI=1S/C19H22N2O3.H3O3P/c1-14(20)18(22)17(12-15-8-4-2-5-9-15)21-19(23)24-13-16-10-6-3-7-11-16;1-4(2)3/h2-11,14,17H,12-13,20H2,1H3,(H,21,23);4H,(H2,1,2,3)/t14-,17+;/m1./s1. The highest BCUT2D eigenvalue weighted by molar-refractivity contribution is 7.30. The molecule has 2 aromatic rings. The number of carbonyl (C=O) groups is 2. The number of nitrogens with two attached hydrogens (primary N) is 1. The summed E-state index contributed by atoms with van der Waals surface area (Å²) < 4.78 is 13.9. The van der Waals surface area contributed by atoms with Crippen LogP contribution in [0.2, 0.25) is 0 Å². The smallest absolute Gasteiger partial charge is 0.408 e. The first-order chi connectivity index (χ1) is 13.3. The van der Waals surface area contributed by atoms with Gasteiger partial charge in [0.25, 0.3) is 0 Å². The molecule has 0 heterocycles. The highest BCUT2D eigenvalue weighted by Crippen LogP contribution is 2.07. The van der Waals surface area contributed by atoms with Gasteiger partial charge in [0.2, 0.25) is 0 Å². The number of carbonyl (C=O) groups excluding carboxylic acids is 2. The van der Waals surface area contributed by atoms with Crippen LogP contribution in [0.1, 0.15) is 18.1 Å². The van der Waals surface area contributed by atoms with Crippen LogP contribution in [0.15, 0.2) is 60.7 Å². The van der Waals surface area contributed by atoms with Crippen LogP contribution >= 0.6 is 8.25 Å². The van der Waals surface area contributed by atoms with Crippen LogP contribution in [-0.2, 0) is 27.1 Å². The molecule has 0 radical (unpaired) electrons. The third-order valence-electron chi connectivity index (χ3n) is 3.58. The molecule has 0 saturated carbocycles. The van der Waals surface area contributed by atoms with Gasteiger partial charge in [-0.1, -0.05) is 60.7 Å². The molecule has 8 nitrogen and oxygen atoms in total. The molecule has 1 amide bonds. The number of alkyl carbamates (subject to hydrolysis) is 1. The van der Waals surface area contributed by atoms with Crippen molar-refractivity contribution in [2.45, 2.75) is 32.0 Å². The molecule has 152 valence electrons. The highest BCUT2D eigenvalue weighted by Gasteiger charge is 2.24. The summed E-state index contributed by atoms with van der Waals surface area (Å²) >= 11 is 0. The van der Waals surface area contributed by atoms with Crippen molar-refractivity contribution in [1.29, 1.82) is 0 Å². The molecule has 0 aliphatic carbocycles. The van der Waals surface area contributed by atoms with Crippen LogP contribution in [0.3, 0.4) is 0 Å². The lowest BCUT2D eigenvalue weighted by molar-refractivity contribution is -0.121. The monoisotopic (exact) mass is 408 g/mol. The fourth-order valence-electron chi connectivity index (χ4n) is 2.30. The Morgan fingerprint density at radius 3 is 1.96 bits per heavy atom. The Hall–Kier alpha value is -2.51. The zero-order chi connectivity index (χ0) is 20.9.